The van der Waals surface area contributed by atoms with Crippen molar-refractivity contribution in [2.45, 2.75) is 20.8 Å². The van der Waals surface area contributed by atoms with Crippen molar-refractivity contribution < 1.29 is 0 Å². The fraction of sp³-hybridized carbons (Fsp3) is 0.412. The molecule has 1 aromatic carbocycles. The molecule has 0 N–H and O–H groups in total. The van der Waals surface area contributed by atoms with Crippen LogP contribution >= 0.6 is 0 Å². The van der Waals surface area contributed by atoms with Gasteiger partial charge in [-0.15, -0.1) is 0 Å². The number of piperazine rings is 1. The van der Waals surface area contributed by atoms with Crippen molar-refractivity contribution in [2.24, 2.45) is 0 Å². The number of rotatable bonds is 2. The number of hydrogen-bond donors (Lipinski definition) is 0. The molecule has 0 bridgehead atoms. The summed E-state index contributed by atoms with van der Waals surface area (Å²) < 4.78 is 0. The molecular weight excluding hydrogens is 260 g/mol. The summed E-state index contributed by atoms with van der Waals surface area (Å²) in [6, 6.07) is 8.74. The fourth-order valence-electron chi connectivity index (χ4n) is 2.85. The Kier molecular flexibility index (Phi) is 3.78. The zero-order valence-corrected chi connectivity index (χ0v) is 13.0. The summed E-state index contributed by atoms with van der Waals surface area (Å²) in [5, 5.41) is 0. The predicted molar refractivity (Wildman–Crippen MR) is 87.1 cm³/mol. The second kappa shape index (κ2) is 5.72. The molecule has 0 aliphatic carbocycles. The Morgan fingerprint density at radius 3 is 2.33 bits per heavy atom. The summed E-state index contributed by atoms with van der Waals surface area (Å²) >= 11 is 0. The van der Waals surface area contributed by atoms with Crippen LogP contribution in [0.4, 0.5) is 11.5 Å². The van der Waals surface area contributed by atoms with Gasteiger partial charge in [-0.2, -0.15) is 0 Å². The van der Waals surface area contributed by atoms with Crippen LogP contribution in [0.15, 0.2) is 30.6 Å². The first-order valence-corrected chi connectivity index (χ1v) is 7.50. The Balaban J connectivity index is 1.72. The minimum absolute atomic E-state index is 1.01. The average Bonchev–Trinajstić information content (AvgIpc) is 2.50. The fourth-order valence-corrected chi connectivity index (χ4v) is 2.85. The highest BCUT2D eigenvalue weighted by atomic mass is 15.3. The van der Waals surface area contributed by atoms with Gasteiger partial charge < -0.3 is 9.80 Å². The van der Waals surface area contributed by atoms with E-state index in [9.17, 15) is 0 Å². The number of nitrogens with zero attached hydrogens (tertiary/aromatic N) is 4. The minimum atomic E-state index is 1.01. The third-order valence-corrected chi connectivity index (χ3v) is 4.26. The third-order valence-electron chi connectivity index (χ3n) is 4.26. The first-order valence-electron chi connectivity index (χ1n) is 7.50. The quantitative estimate of drug-likeness (QED) is 0.848. The smallest absolute Gasteiger partial charge is 0.135 e. The first kappa shape index (κ1) is 13.9. The minimum Gasteiger partial charge on any atom is -0.368 e. The van der Waals surface area contributed by atoms with E-state index in [4.69, 9.17) is 0 Å². The number of aromatic nitrogens is 2. The van der Waals surface area contributed by atoms with Crippen LogP contribution in [0.25, 0.3) is 0 Å². The number of hydrogen-bond acceptors (Lipinski definition) is 4. The van der Waals surface area contributed by atoms with Crippen molar-refractivity contribution in [2.75, 3.05) is 36.0 Å². The summed E-state index contributed by atoms with van der Waals surface area (Å²) in [7, 11) is 0. The van der Waals surface area contributed by atoms with Crippen LogP contribution in [0.2, 0.25) is 0 Å². The van der Waals surface area contributed by atoms with E-state index in [0.717, 1.165) is 37.7 Å². The van der Waals surface area contributed by atoms with Gasteiger partial charge >= 0.3 is 0 Å². The highest BCUT2D eigenvalue weighted by Gasteiger charge is 2.20. The molecular formula is C17H22N4. The van der Waals surface area contributed by atoms with Gasteiger partial charge in [0.05, 0.1) is 0 Å². The molecule has 4 nitrogen and oxygen atoms in total. The van der Waals surface area contributed by atoms with Crippen molar-refractivity contribution in [1.82, 2.24) is 9.97 Å². The van der Waals surface area contributed by atoms with Crippen LogP contribution in [-0.2, 0) is 0 Å². The molecule has 1 saturated heterocycles. The molecule has 110 valence electrons. The van der Waals surface area contributed by atoms with Crippen LogP contribution in [0.3, 0.4) is 0 Å². The van der Waals surface area contributed by atoms with Gasteiger partial charge in [0.15, 0.2) is 0 Å². The Morgan fingerprint density at radius 1 is 0.905 bits per heavy atom. The molecule has 0 amide bonds. The second-order valence-corrected chi connectivity index (χ2v) is 5.72. The number of anilines is 2. The summed E-state index contributed by atoms with van der Waals surface area (Å²) in [5.74, 6) is 1.09. The highest BCUT2D eigenvalue weighted by molar-refractivity contribution is 5.52. The number of aryl methyl sites for hydroxylation is 2. The highest BCUT2D eigenvalue weighted by Crippen LogP contribution is 2.22. The van der Waals surface area contributed by atoms with Gasteiger partial charge in [0, 0.05) is 43.1 Å². The topological polar surface area (TPSA) is 32.3 Å². The van der Waals surface area contributed by atoms with Crippen molar-refractivity contribution in [3.8, 4) is 0 Å². The molecule has 1 aromatic heterocycles. The van der Waals surface area contributed by atoms with E-state index in [1.807, 2.05) is 6.92 Å². The van der Waals surface area contributed by atoms with E-state index in [1.54, 1.807) is 6.33 Å². The predicted octanol–water partition coefficient (Wildman–Crippen LogP) is 2.73. The summed E-state index contributed by atoms with van der Waals surface area (Å²) in [6.07, 6.45) is 1.67. The zero-order valence-electron chi connectivity index (χ0n) is 13.0. The van der Waals surface area contributed by atoms with Crippen molar-refractivity contribution in [3.05, 3.63) is 47.4 Å². The summed E-state index contributed by atoms with van der Waals surface area (Å²) in [6.45, 7) is 10.4. The van der Waals surface area contributed by atoms with Gasteiger partial charge in [-0.05, 0) is 38.5 Å². The number of benzene rings is 1. The Bertz CT molecular complexity index is 630. The van der Waals surface area contributed by atoms with Gasteiger partial charge in [-0.25, -0.2) is 9.97 Å². The monoisotopic (exact) mass is 282 g/mol. The lowest BCUT2D eigenvalue weighted by molar-refractivity contribution is 0.644. The maximum atomic E-state index is 4.47. The lowest BCUT2D eigenvalue weighted by Gasteiger charge is -2.37. The lowest BCUT2D eigenvalue weighted by atomic mass is 10.1. The molecule has 4 heteroatoms. The molecule has 1 aliphatic rings. The molecule has 1 fully saturated rings. The Morgan fingerprint density at radius 2 is 1.62 bits per heavy atom. The van der Waals surface area contributed by atoms with Gasteiger partial charge in [-0.3, -0.25) is 0 Å². The molecule has 0 radical (unpaired) electrons. The SMILES string of the molecule is Cc1cccc(N2CCN(c3ncnc(C)c3C)CC2)c1. The molecule has 0 spiro atoms. The van der Waals surface area contributed by atoms with Gasteiger partial charge in [-0.1, -0.05) is 12.1 Å². The van der Waals surface area contributed by atoms with Crippen LogP contribution in [0.1, 0.15) is 16.8 Å². The van der Waals surface area contributed by atoms with E-state index in [1.165, 1.54) is 16.8 Å². The molecule has 21 heavy (non-hydrogen) atoms. The van der Waals surface area contributed by atoms with Crippen LogP contribution in [0, 0.1) is 20.8 Å². The maximum Gasteiger partial charge on any atom is 0.135 e. The third kappa shape index (κ3) is 2.84. The summed E-state index contributed by atoms with van der Waals surface area (Å²) in [4.78, 5) is 13.6. The van der Waals surface area contributed by atoms with Crippen LogP contribution < -0.4 is 9.80 Å². The lowest BCUT2D eigenvalue weighted by Crippen LogP contribution is -2.47. The molecule has 1 aliphatic heterocycles. The van der Waals surface area contributed by atoms with E-state index in [-0.39, 0.29) is 0 Å². The largest absolute Gasteiger partial charge is 0.368 e. The molecule has 0 atom stereocenters. The maximum absolute atomic E-state index is 4.47. The van der Waals surface area contributed by atoms with Crippen molar-refractivity contribution >= 4 is 11.5 Å². The van der Waals surface area contributed by atoms with E-state index in [2.05, 4.69) is 57.9 Å². The molecule has 2 aromatic rings. The molecule has 0 saturated carbocycles. The van der Waals surface area contributed by atoms with E-state index < -0.39 is 0 Å². The molecule has 2 heterocycles. The first-order chi connectivity index (χ1) is 10.1. The normalized spacial score (nSPS) is 15.4. The van der Waals surface area contributed by atoms with Crippen molar-refractivity contribution in [3.63, 3.8) is 0 Å². The van der Waals surface area contributed by atoms with Crippen LogP contribution in [0.5, 0.6) is 0 Å². The van der Waals surface area contributed by atoms with E-state index in [0.29, 0.717) is 0 Å². The second-order valence-electron chi connectivity index (χ2n) is 5.72. The van der Waals surface area contributed by atoms with E-state index >= 15 is 0 Å². The Hall–Kier alpha value is -2.10. The van der Waals surface area contributed by atoms with Crippen molar-refractivity contribution in [1.29, 1.82) is 0 Å². The molecule has 0 unspecified atom stereocenters. The van der Waals surface area contributed by atoms with Crippen LogP contribution in [-0.4, -0.2) is 36.1 Å². The van der Waals surface area contributed by atoms with Gasteiger partial charge in [0.25, 0.3) is 0 Å². The zero-order chi connectivity index (χ0) is 14.8. The van der Waals surface area contributed by atoms with Gasteiger partial charge in [0.1, 0.15) is 12.1 Å². The standard InChI is InChI=1S/C17H22N4/c1-13-5-4-6-16(11-13)20-7-9-21(10-8-20)17-14(2)15(3)18-12-19-17/h4-6,11-12H,7-10H2,1-3H3. The Labute approximate surface area is 126 Å². The average molecular weight is 282 g/mol. The summed E-state index contributed by atoms with van der Waals surface area (Å²) in [5.41, 5.74) is 4.91. The molecule has 3 rings (SSSR count). The van der Waals surface area contributed by atoms with Gasteiger partial charge in [0.2, 0.25) is 0 Å².